The summed E-state index contributed by atoms with van der Waals surface area (Å²) in [6.07, 6.45) is 3.47. The van der Waals surface area contributed by atoms with E-state index in [0.29, 0.717) is 12.1 Å². The molecule has 0 amide bonds. The first-order valence-electron chi connectivity index (χ1n) is 4.44. The monoisotopic (exact) mass is 206 g/mol. The number of methoxy groups -OCH3 is 1. The van der Waals surface area contributed by atoms with Crippen LogP contribution in [0, 0.1) is 0 Å². The predicted octanol–water partition coefficient (Wildman–Crippen LogP) is 0.264. The average Bonchev–Trinajstić information content (AvgIpc) is 2.60. The molecule has 6 nitrogen and oxygen atoms in total. The van der Waals surface area contributed by atoms with Gasteiger partial charge in [-0.3, -0.25) is 4.79 Å². The first kappa shape index (κ1) is 9.57. The van der Waals surface area contributed by atoms with Gasteiger partial charge in [-0.25, -0.2) is 9.50 Å². The van der Waals surface area contributed by atoms with Gasteiger partial charge in [-0.15, -0.1) is 5.10 Å². The summed E-state index contributed by atoms with van der Waals surface area (Å²) in [7, 11) is 1.49. The van der Waals surface area contributed by atoms with Crippen molar-refractivity contribution < 1.29 is 9.53 Å². The number of carbonyl (C=O) groups excluding carboxylic acids is 1. The molecule has 2 rings (SSSR count). The zero-order valence-corrected chi connectivity index (χ0v) is 8.47. The minimum Gasteiger partial charge on any atom is -0.466 e. The van der Waals surface area contributed by atoms with E-state index in [-0.39, 0.29) is 11.8 Å². The van der Waals surface area contributed by atoms with Crippen molar-refractivity contribution in [2.75, 3.05) is 7.11 Å². The second-order valence-corrected chi connectivity index (χ2v) is 3.14. The van der Waals surface area contributed by atoms with Crippen LogP contribution in [0.1, 0.15) is 12.6 Å². The van der Waals surface area contributed by atoms with Gasteiger partial charge in [0.25, 0.3) is 0 Å². The summed E-state index contributed by atoms with van der Waals surface area (Å²) in [5.41, 5.74) is 1.34. The van der Waals surface area contributed by atoms with Crippen LogP contribution in [0.25, 0.3) is 5.65 Å². The van der Waals surface area contributed by atoms with Gasteiger partial charge < -0.3 is 4.74 Å². The minimum absolute atomic E-state index is 0.0642. The molecule has 0 fully saturated rings. The molecule has 0 bridgehead atoms. The maximum Gasteiger partial charge on any atom is 0.334 e. The van der Waals surface area contributed by atoms with Crippen molar-refractivity contribution in [1.82, 2.24) is 19.6 Å². The number of hydrogen-bond donors (Lipinski definition) is 0. The lowest BCUT2D eigenvalue weighted by atomic mass is 10.2. The minimum atomic E-state index is 0.0642. The number of fused-ring (bicyclic) bond motifs is 1. The molecule has 78 valence electrons. The molecule has 0 N–H and O–H groups in total. The highest BCUT2D eigenvalue weighted by Gasteiger charge is 2.08. The fourth-order valence-electron chi connectivity index (χ4n) is 1.29. The Labute approximate surface area is 85.9 Å². The van der Waals surface area contributed by atoms with E-state index in [1.54, 1.807) is 16.9 Å². The first-order chi connectivity index (χ1) is 7.20. The van der Waals surface area contributed by atoms with Crippen LogP contribution >= 0.6 is 0 Å². The average molecular weight is 206 g/mol. The van der Waals surface area contributed by atoms with Gasteiger partial charge >= 0.3 is 6.01 Å². The number of ether oxygens (including phenoxy) is 1. The zero-order valence-electron chi connectivity index (χ0n) is 8.47. The van der Waals surface area contributed by atoms with Gasteiger partial charge in [0, 0.05) is 0 Å². The maximum atomic E-state index is 11.0. The van der Waals surface area contributed by atoms with Crippen LogP contribution in [0.5, 0.6) is 6.01 Å². The molecule has 0 unspecified atom stereocenters. The van der Waals surface area contributed by atoms with Gasteiger partial charge in [0.15, 0.2) is 5.65 Å². The van der Waals surface area contributed by atoms with Gasteiger partial charge in [-0.2, -0.15) is 4.98 Å². The lowest BCUT2D eigenvalue weighted by Gasteiger charge is -2.00. The van der Waals surface area contributed by atoms with Gasteiger partial charge in [0.05, 0.1) is 31.6 Å². The lowest BCUT2D eigenvalue weighted by molar-refractivity contribution is -0.116. The summed E-state index contributed by atoms with van der Waals surface area (Å²) in [5.74, 6) is 0.0642. The molecule has 2 heterocycles. The highest BCUT2D eigenvalue weighted by molar-refractivity contribution is 5.77. The van der Waals surface area contributed by atoms with Crippen molar-refractivity contribution in [1.29, 1.82) is 0 Å². The number of ketones is 1. The van der Waals surface area contributed by atoms with Crippen LogP contribution in [-0.4, -0.2) is 32.5 Å². The molecule has 0 aliphatic carbocycles. The molecule has 0 radical (unpaired) electrons. The molecule has 0 saturated heterocycles. The molecular formula is C9H10N4O2. The van der Waals surface area contributed by atoms with E-state index < -0.39 is 0 Å². The summed E-state index contributed by atoms with van der Waals surface area (Å²) in [6.45, 7) is 1.53. The number of carbonyl (C=O) groups is 1. The highest BCUT2D eigenvalue weighted by Crippen LogP contribution is 2.07. The topological polar surface area (TPSA) is 69.4 Å². The molecule has 0 saturated carbocycles. The van der Waals surface area contributed by atoms with Crippen molar-refractivity contribution in [2.24, 2.45) is 0 Å². The number of rotatable bonds is 3. The van der Waals surface area contributed by atoms with E-state index in [2.05, 4.69) is 15.1 Å². The SMILES string of the molecule is COc1ncc2ncc(CC(C)=O)n2n1. The fourth-order valence-corrected chi connectivity index (χ4v) is 1.29. The Bertz CT molecular complexity index is 506. The number of hydrogen-bond acceptors (Lipinski definition) is 5. The molecule has 2 aromatic rings. The van der Waals surface area contributed by atoms with Crippen LogP contribution in [-0.2, 0) is 11.2 Å². The van der Waals surface area contributed by atoms with Crippen molar-refractivity contribution >= 4 is 11.4 Å². The molecule has 6 heteroatoms. The fraction of sp³-hybridized carbons (Fsp3) is 0.333. The summed E-state index contributed by atoms with van der Waals surface area (Å²) < 4.78 is 6.46. The second kappa shape index (κ2) is 3.64. The summed E-state index contributed by atoms with van der Waals surface area (Å²) >= 11 is 0. The molecule has 15 heavy (non-hydrogen) atoms. The Balaban J connectivity index is 2.51. The molecule has 2 aromatic heterocycles. The van der Waals surface area contributed by atoms with Crippen molar-refractivity contribution in [2.45, 2.75) is 13.3 Å². The Morgan fingerprint density at radius 3 is 2.93 bits per heavy atom. The standard InChI is InChI=1S/C9H10N4O2/c1-6(14)3-7-4-10-8-5-11-9(15-2)12-13(7)8/h4-5H,3H2,1-2H3. The molecule has 0 atom stereocenters. The summed E-state index contributed by atoms with van der Waals surface area (Å²) in [4.78, 5) is 19.0. The van der Waals surface area contributed by atoms with E-state index in [4.69, 9.17) is 4.74 Å². The van der Waals surface area contributed by atoms with Crippen molar-refractivity contribution in [3.63, 3.8) is 0 Å². The molecule has 0 aliphatic rings. The van der Waals surface area contributed by atoms with E-state index >= 15 is 0 Å². The number of imidazole rings is 1. The Morgan fingerprint density at radius 2 is 2.27 bits per heavy atom. The Kier molecular flexibility index (Phi) is 2.32. The van der Waals surface area contributed by atoms with Crippen LogP contribution in [0.15, 0.2) is 12.4 Å². The summed E-state index contributed by atoms with van der Waals surface area (Å²) in [5, 5.41) is 4.08. The van der Waals surface area contributed by atoms with Crippen LogP contribution in [0.2, 0.25) is 0 Å². The van der Waals surface area contributed by atoms with Crippen molar-refractivity contribution in [3.8, 4) is 6.01 Å². The Hall–Kier alpha value is -1.98. The number of nitrogens with zero attached hydrogens (tertiary/aromatic N) is 4. The van der Waals surface area contributed by atoms with Crippen LogP contribution in [0.3, 0.4) is 0 Å². The molecule has 0 aromatic carbocycles. The summed E-state index contributed by atoms with van der Waals surface area (Å²) in [6, 6.07) is 0.255. The second-order valence-electron chi connectivity index (χ2n) is 3.14. The van der Waals surface area contributed by atoms with Crippen LogP contribution in [0.4, 0.5) is 0 Å². The zero-order chi connectivity index (χ0) is 10.8. The smallest absolute Gasteiger partial charge is 0.334 e. The van der Waals surface area contributed by atoms with Crippen molar-refractivity contribution in [3.05, 3.63) is 18.1 Å². The number of Topliss-reactive ketones (excluding diaryl/α,β-unsaturated/α-hetero) is 1. The largest absolute Gasteiger partial charge is 0.466 e. The van der Waals surface area contributed by atoms with Gasteiger partial charge in [0.2, 0.25) is 0 Å². The van der Waals surface area contributed by atoms with Gasteiger partial charge in [-0.1, -0.05) is 0 Å². The molecule has 0 spiro atoms. The normalized spacial score (nSPS) is 10.5. The van der Waals surface area contributed by atoms with Gasteiger partial charge in [-0.05, 0) is 6.92 Å². The first-order valence-corrected chi connectivity index (χ1v) is 4.44. The molecule has 0 aliphatic heterocycles. The predicted molar refractivity (Wildman–Crippen MR) is 51.7 cm³/mol. The quantitative estimate of drug-likeness (QED) is 0.720. The third kappa shape index (κ3) is 1.78. The van der Waals surface area contributed by atoms with E-state index in [1.165, 1.54) is 14.0 Å². The third-order valence-electron chi connectivity index (χ3n) is 1.92. The maximum absolute atomic E-state index is 11.0. The lowest BCUT2D eigenvalue weighted by Crippen LogP contribution is -2.05. The third-order valence-corrected chi connectivity index (χ3v) is 1.92. The van der Waals surface area contributed by atoms with E-state index in [1.807, 2.05) is 0 Å². The molecular weight excluding hydrogens is 196 g/mol. The highest BCUT2D eigenvalue weighted by atomic mass is 16.5. The van der Waals surface area contributed by atoms with Gasteiger partial charge in [0.1, 0.15) is 5.78 Å². The van der Waals surface area contributed by atoms with E-state index in [0.717, 1.165) is 5.69 Å². The van der Waals surface area contributed by atoms with Crippen LogP contribution < -0.4 is 4.74 Å². The number of aromatic nitrogens is 4. The Morgan fingerprint density at radius 1 is 1.47 bits per heavy atom. The van der Waals surface area contributed by atoms with E-state index in [9.17, 15) is 4.79 Å².